The molecule has 0 radical (unpaired) electrons. The third-order valence-corrected chi connectivity index (χ3v) is 4.20. The van der Waals surface area contributed by atoms with Gasteiger partial charge in [0.25, 0.3) is 10.1 Å². The van der Waals surface area contributed by atoms with Crippen molar-refractivity contribution in [2.24, 2.45) is 0 Å². The molecule has 0 aromatic heterocycles. The maximum Gasteiger partial charge on any atom is 0.422 e. The van der Waals surface area contributed by atoms with Crippen LogP contribution in [-0.4, -0.2) is 30.1 Å². The fourth-order valence-electron chi connectivity index (χ4n) is 1.85. The second kappa shape index (κ2) is 4.14. The lowest BCUT2D eigenvalue weighted by Crippen LogP contribution is -2.40. The summed E-state index contributed by atoms with van der Waals surface area (Å²) in [6.07, 6.45) is -7.50. The van der Waals surface area contributed by atoms with Gasteiger partial charge in [0.2, 0.25) is 5.67 Å². The first kappa shape index (κ1) is 13.7. The van der Waals surface area contributed by atoms with Crippen molar-refractivity contribution < 1.29 is 30.5 Å². The van der Waals surface area contributed by atoms with Gasteiger partial charge >= 0.3 is 6.18 Å². The Balaban J connectivity index is 2.81. The molecule has 0 amide bonds. The van der Waals surface area contributed by atoms with Crippen LogP contribution in [0.3, 0.4) is 0 Å². The molecule has 2 unspecified atom stereocenters. The Labute approximate surface area is 90.6 Å². The highest BCUT2D eigenvalue weighted by molar-refractivity contribution is 7.86. The molecule has 0 spiro atoms. The van der Waals surface area contributed by atoms with Gasteiger partial charge in [-0.1, -0.05) is 0 Å². The summed E-state index contributed by atoms with van der Waals surface area (Å²) in [4.78, 5) is 0. The van der Waals surface area contributed by atoms with Gasteiger partial charge in [0.1, 0.15) is 0 Å². The van der Waals surface area contributed by atoms with Crippen LogP contribution in [0.4, 0.5) is 17.6 Å². The third-order valence-electron chi connectivity index (χ3n) is 2.89. The summed E-state index contributed by atoms with van der Waals surface area (Å²) in [5, 5.41) is -1.28. The van der Waals surface area contributed by atoms with Crippen molar-refractivity contribution in [2.45, 2.75) is 49.2 Å². The number of halogens is 4. The first-order chi connectivity index (χ1) is 7.06. The Bertz CT molecular complexity index is 351. The van der Waals surface area contributed by atoms with Crippen molar-refractivity contribution in [3.63, 3.8) is 0 Å². The van der Waals surface area contributed by atoms with Crippen LogP contribution in [0.2, 0.25) is 0 Å². The highest BCUT2D eigenvalue weighted by Gasteiger charge is 2.56. The molecule has 0 aromatic carbocycles. The van der Waals surface area contributed by atoms with E-state index in [1.807, 2.05) is 0 Å². The summed E-state index contributed by atoms with van der Waals surface area (Å²) < 4.78 is 80.7. The summed E-state index contributed by atoms with van der Waals surface area (Å²) in [5.41, 5.74) is -3.33. The first-order valence-corrected chi connectivity index (χ1v) is 6.28. The fraction of sp³-hybridized carbons (Fsp3) is 1.00. The molecule has 1 saturated carbocycles. The molecule has 1 rings (SSSR count). The second-order valence-electron chi connectivity index (χ2n) is 4.03. The summed E-state index contributed by atoms with van der Waals surface area (Å²) in [6, 6.07) is 0. The van der Waals surface area contributed by atoms with Crippen molar-refractivity contribution in [2.75, 3.05) is 0 Å². The van der Waals surface area contributed by atoms with Crippen LogP contribution in [0.5, 0.6) is 0 Å². The van der Waals surface area contributed by atoms with E-state index < -0.39 is 46.5 Å². The Morgan fingerprint density at radius 2 is 1.75 bits per heavy atom. The Hall–Kier alpha value is -0.370. The molecule has 2 atom stereocenters. The molecule has 1 N–H and O–H groups in total. The molecule has 3 nitrogen and oxygen atoms in total. The van der Waals surface area contributed by atoms with E-state index in [2.05, 4.69) is 0 Å². The molecule has 8 heteroatoms. The summed E-state index contributed by atoms with van der Waals surface area (Å²) in [7, 11) is -4.38. The van der Waals surface area contributed by atoms with Crippen LogP contribution in [0.25, 0.3) is 0 Å². The summed E-state index contributed by atoms with van der Waals surface area (Å²) >= 11 is 0. The Kier molecular flexibility index (Phi) is 3.54. The monoisotopic (exact) mass is 264 g/mol. The first-order valence-electron chi connectivity index (χ1n) is 4.78. The van der Waals surface area contributed by atoms with Crippen molar-refractivity contribution in [1.29, 1.82) is 0 Å². The van der Waals surface area contributed by atoms with E-state index in [9.17, 15) is 26.0 Å². The molecule has 0 saturated heterocycles. The van der Waals surface area contributed by atoms with Gasteiger partial charge in [-0.05, 0) is 32.1 Å². The number of hydrogen-bond donors (Lipinski definition) is 1. The maximum atomic E-state index is 13.5. The van der Waals surface area contributed by atoms with Crippen LogP contribution < -0.4 is 0 Å². The molecule has 1 aliphatic carbocycles. The Morgan fingerprint density at radius 1 is 1.19 bits per heavy atom. The normalized spacial score (nSPS) is 33.4. The second-order valence-corrected chi connectivity index (χ2v) is 5.73. The van der Waals surface area contributed by atoms with Crippen LogP contribution in [0.1, 0.15) is 32.1 Å². The predicted octanol–water partition coefficient (Wildman–Crippen LogP) is 2.48. The molecule has 0 aliphatic heterocycles. The standard InChI is InChI=1S/C8H12F4O3S/c9-7(8(10,11)12)4-1-2-6(3-5-7)16(13,14)15/h6H,1-5H2,(H,13,14,15). The number of rotatable bonds is 1. The quantitative estimate of drug-likeness (QED) is 0.449. The largest absolute Gasteiger partial charge is 0.422 e. The fourth-order valence-corrected chi connectivity index (χ4v) is 2.73. The van der Waals surface area contributed by atoms with Gasteiger partial charge in [0.05, 0.1) is 5.25 Å². The van der Waals surface area contributed by atoms with E-state index in [1.165, 1.54) is 0 Å². The highest BCUT2D eigenvalue weighted by Crippen LogP contribution is 2.44. The zero-order valence-corrected chi connectivity index (χ0v) is 9.11. The van der Waals surface area contributed by atoms with Crippen molar-refractivity contribution in [1.82, 2.24) is 0 Å². The lowest BCUT2D eigenvalue weighted by atomic mass is 9.96. The maximum absolute atomic E-state index is 13.5. The van der Waals surface area contributed by atoms with Gasteiger partial charge in [-0.15, -0.1) is 0 Å². The highest BCUT2D eigenvalue weighted by atomic mass is 32.2. The number of alkyl halides is 4. The minimum absolute atomic E-state index is 0.138. The molecule has 0 aromatic rings. The molecule has 1 aliphatic rings. The topological polar surface area (TPSA) is 54.4 Å². The van der Waals surface area contributed by atoms with Crippen molar-refractivity contribution >= 4 is 10.1 Å². The van der Waals surface area contributed by atoms with Crippen LogP contribution >= 0.6 is 0 Å². The van der Waals surface area contributed by atoms with Crippen LogP contribution in [0.15, 0.2) is 0 Å². The van der Waals surface area contributed by atoms with Crippen LogP contribution in [0, 0.1) is 0 Å². The summed E-state index contributed by atoms with van der Waals surface area (Å²) in [6.45, 7) is 0. The average molecular weight is 264 g/mol. The summed E-state index contributed by atoms with van der Waals surface area (Å²) in [5.74, 6) is 0. The van der Waals surface area contributed by atoms with Crippen molar-refractivity contribution in [3.8, 4) is 0 Å². The lowest BCUT2D eigenvalue weighted by molar-refractivity contribution is -0.234. The van der Waals surface area contributed by atoms with E-state index in [0.717, 1.165) is 0 Å². The molecule has 0 heterocycles. The van der Waals surface area contributed by atoms with Crippen LogP contribution in [-0.2, 0) is 10.1 Å². The molecule has 0 bridgehead atoms. The predicted molar refractivity (Wildman–Crippen MR) is 48.3 cm³/mol. The molecule has 16 heavy (non-hydrogen) atoms. The van der Waals surface area contributed by atoms with Gasteiger partial charge < -0.3 is 0 Å². The molecule has 96 valence electrons. The average Bonchev–Trinajstić information content (AvgIpc) is 2.25. The van der Waals surface area contributed by atoms with E-state index in [1.54, 1.807) is 0 Å². The molecule has 1 fully saturated rings. The smallest absolute Gasteiger partial charge is 0.285 e. The van der Waals surface area contributed by atoms with E-state index in [0.29, 0.717) is 0 Å². The van der Waals surface area contributed by atoms with Gasteiger partial charge in [0, 0.05) is 0 Å². The van der Waals surface area contributed by atoms with E-state index in [4.69, 9.17) is 4.55 Å². The van der Waals surface area contributed by atoms with Gasteiger partial charge in [-0.3, -0.25) is 4.55 Å². The zero-order valence-electron chi connectivity index (χ0n) is 8.30. The third kappa shape index (κ3) is 2.85. The van der Waals surface area contributed by atoms with Gasteiger partial charge in [-0.25, -0.2) is 4.39 Å². The van der Waals surface area contributed by atoms with Crippen molar-refractivity contribution in [3.05, 3.63) is 0 Å². The zero-order chi connectivity index (χ0) is 12.6. The lowest BCUT2D eigenvalue weighted by Gasteiger charge is -2.26. The number of hydrogen-bond acceptors (Lipinski definition) is 2. The molecular weight excluding hydrogens is 252 g/mol. The van der Waals surface area contributed by atoms with E-state index >= 15 is 0 Å². The Morgan fingerprint density at radius 3 is 2.19 bits per heavy atom. The van der Waals surface area contributed by atoms with Gasteiger partial charge in [0.15, 0.2) is 0 Å². The molecular formula is C8H12F4O3S. The van der Waals surface area contributed by atoms with E-state index in [-0.39, 0.29) is 12.8 Å². The minimum Gasteiger partial charge on any atom is -0.285 e. The minimum atomic E-state index is -4.99. The SMILES string of the molecule is O=S(=O)(O)C1CCCC(F)(C(F)(F)F)CC1. The van der Waals surface area contributed by atoms with Gasteiger partial charge in [-0.2, -0.15) is 21.6 Å².